The normalized spacial score (nSPS) is 24.8. The largest absolute Gasteiger partial charge is 0.468 e. The van der Waals surface area contributed by atoms with Crippen molar-refractivity contribution in [2.75, 3.05) is 33.4 Å². The van der Waals surface area contributed by atoms with Gasteiger partial charge >= 0.3 is 5.97 Å². The Morgan fingerprint density at radius 2 is 2.32 bits per heavy atom. The summed E-state index contributed by atoms with van der Waals surface area (Å²) < 4.78 is 10.2. The minimum absolute atomic E-state index is 0.194. The van der Waals surface area contributed by atoms with Crippen molar-refractivity contribution in [3.8, 4) is 0 Å². The van der Waals surface area contributed by atoms with E-state index in [4.69, 9.17) is 9.47 Å². The molecule has 0 aromatic heterocycles. The van der Waals surface area contributed by atoms with Crippen molar-refractivity contribution in [2.24, 2.45) is 0 Å². The molecule has 2 heterocycles. The Balaban J connectivity index is 1.91. The Bertz CT molecular complexity index is 476. The Hall–Kier alpha value is -1.39. The number of ether oxygens (including phenoxy) is 2. The van der Waals surface area contributed by atoms with E-state index in [0.29, 0.717) is 19.1 Å². The first-order chi connectivity index (χ1) is 9.26. The summed E-state index contributed by atoms with van der Waals surface area (Å²) in [5, 5.41) is 3.37. The predicted molar refractivity (Wildman–Crippen MR) is 71.2 cm³/mol. The fraction of sp³-hybridized carbons (Fsp3) is 0.533. The van der Waals surface area contributed by atoms with E-state index in [1.165, 1.54) is 12.7 Å². The summed E-state index contributed by atoms with van der Waals surface area (Å²) in [5.74, 6) is 0.357. The molecule has 0 spiro atoms. The van der Waals surface area contributed by atoms with Crippen molar-refractivity contribution in [3.05, 3.63) is 35.4 Å². The zero-order valence-corrected chi connectivity index (χ0v) is 11.1. The fourth-order valence-electron chi connectivity index (χ4n) is 2.93. The molecule has 4 nitrogen and oxygen atoms in total. The molecule has 1 aromatic rings. The highest BCUT2D eigenvalue weighted by Gasteiger charge is 2.48. The quantitative estimate of drug-likeness (QED) is 0.831. The van der Waals surface area contributed by atoms with Crippen molar-refractivity contribution >= 4 is 5.97 Å². The van der Waals surface area contributed by atoms with Crippen LogP contribution in [0.15, 0.2) is 24.3 Å². The Labute approximate surface area is 113 Å². The van der Waals surface area contributed by atoms with Crippen LogP contribution in [0.4, 0.5) is 0 Å². The summed E-state index contributed by atoms with van der Waals surface area (Å²) in [4.78, 5) is 12.0. The second-order valence-corrected chi connectivity index (χ2v) is 5.38. The minimum Gasteiger partial charge on any atom is -0.468 e. The van der Waals surface area contributed by atoms with E-state index in [2.05, 4.69) is 17.4 Å². The van der Waals surface area contributed by atoms with E-state index in [1.807, 2.05) is 12.1 Å². The maximum absolute atomic E-state index is 12.0. The molecule has 0 saturated carbocycles. The predicted octanol–water partition coefficient (Wildman–Crippen LogP) is 1.20. The van der Waals surface area contributed by atoms with Crippen molar-refractivity contribution < 1.29 is 14.3 Å². The van der Waals surface area contributed by atoms with Crippen LogP contribution < -0.4 is 5.32 Å². The van der Waals surface area contributed by atoms with E-state index >= 15 is 0 Å². The lowest BCUT2D eigenvalue weighted by molar-refractivity contribution is -0.166. The monoisotopic (exact) mass is 261 g/mol. The van der Waals surface area contributed by atoms with Gasteiger partial charge < -0.3 is 14.8 Å². The van der Waals surface area contributed by atoms with Crippen LogP contribution in [0.25, 0.3) is 0 Å². The third kappa shape index (κ3) is 2.05. The first-order valence-electron chi connectivity index (χ1n) is 6.73. The molecular weight excluding hydrogens is 242 g/mol. The number of rotatable bonds is 3. The van der Waals surface area contributed by atoms with Gasteiger partial charge in [0, 0.05) is 6.54 Å². The summed E-state index contributed by atoms with van der Waals surface area (Å²) in [6.45, 7) is 2.93. The average molecular weight is 261 g/mol. The fourth-order valence-corrected chi connectivity index (χ4v) is 2.93. The van der Waals surface area contributed by atoms with Crippen LogP contribution in [0.2, 0.25) is 0 Å². The summed E-state index contributed by atoms with van der Waals surface area (Å²) in [6, 6.07) is 8.33. The number of benzene rings is 1. The number of esters is 1. The van der Waals surface area contributed by atoms with Crippen molar-refractivity contribution in [3.63, 3.8) is 0 Å². The van der Waals surface area contributed by atoms with E-state index in [-0.39, 0.29) is 5.97 Å². The third-order valence-electron chi connectivity index (χ3n) is 4.24. The summed E-state index contributed by atoms with van der Waals surface area (Å²) in [6.07, 6.45) is 1.16. The highest BCUT2D eigenvalue weighted by molar-refractivity contribution is 5.84. The third-order valence-corrected chi connectivity index (χ3v) is 4.24. The second kappa shape index (κ2) is 4.94. The molecule has 0 bridgehead atoms. The van der Waals surface area contributed by atoms with Crippen LogP contribution in [0.1, 0.15) is 23.5 Å². The molecule has 1 N–H and O–H groups in total. The van der Waals surface area contributed by atoms with E-state index in [1.54, 1.807) is 0 Å². The van der Waals surface area contributed by atoms with Crippen LogP contribution in [0, 0.1) is 0 Å². The van der Waals surface area contributed by atoms with Gasteiger partial charge in [-0.25, -0.2) is 0 Å². The van der Waals surface area contributed by atoms with Crippen LogP contribution in [0.5, 0.6) is 0 Å². The molecule has 1 unspecified atom stereocenters. The number of hydrogen-bond acceptors (Lipinski definition) is 4. The summed E-state index contributed by atoms with van der Waals surface area (Å²) in [5.41, 5.74) is 1.74. The molecular formula is C15H19NO3. The molecule has 2 saturated heterocycles. The van der Waals surface area contributed by atoms with Gasteiger partial charge in [-0.15, -0.1) is 0 Å². The molecule has 19 heavy (non-hydrogen) atoms. The van der Waals surface area contributed by atoms with Crippen molar-refractivity contribution in [1.82, 2.24) is 5.32 Å². The van der Waals surface area contributed by atoms with Gasteiger partial charge in [0.25, 0.3) is 0 Å². The van der Waals surface area contributed by atoms with Gasteiger partial charge in [-0.05, 0) is 30.0 Å². The lowest BCUT2D eigenvalue weighted by Gasteiger charge is -2.39. The maximum Gasteiger partial charge on any atom is 0.321 e. The molecule has 3 rings (SSSR count). The summed E-state index contributed by atoms with van der Waals surface area (Å²) in [7, 11) is 1.44. The van der Waals surface area contributed by atoms with Gasteiger partial charge in [-0.2, -0.15) is 0 Å². The highest BCUT2D eigenvalue weighted by Crippen LogP contribution is 2.35. The zero-order valence-electron chi connectivity index (χ0n) is 11.1. The molecule has 102 valence electrons. The Morgan fingerprint density at radius 1 is 1.47 bits per heavy atom. The minimum atomic E-state index is -0.587. The first kappa shape index (κ1) is 12.6. The van der Waals surface area contributed by atoms with Gasteiger partial charge in [0.1, 0.15) is 5.41 Å². The van der Waals surface area contributed by atoms with Gasteiger partial charge in [0.05, 0.1) is 20.3 Å². The Morgan fingerprint density at radius 3 is 2.89 bits per heavy atom. The maximum atomic E-state index is 12.0. The number of nitrogens with one attached hydrogen (secondary N) is 1. The molecule has 1 aromatic carbocycles. The standard InChI is InChI=1S/C15H19NO3/c1-18-14(17)15(9-19-10-15)13-4-2-3-11(7-13)12-5-6-16-8-12/h2-4,7,12,16H,5-6,8-10H2,1H3. The SMILES string of the molecule is COC(=O)C1(c2cccc(C3CCNC3)c2)COC1. The molecule has 2 aliphatic rings. The number of carbonyl (C=O) groups is 1. The zero-order chi connectivity index (χ0) is 13.3. The number of hydrogen-bond donors (Lipinski definition) is 1. The smallest absolute Gasteiger partial charge is 0.321 e. The molecule has 2 aliphatic heterocycles. The van der Waals surface area contributed by atoms with Crippen LogP contribution in [-0.2, 0) is 19.7 Å². The summed E-state index contributed by atoms with van der Waals surface area (Å²) >= 11 is 0. The van der Waals surface area contributed by atoms with E-state index < -0.39 is 5.41 Å². The van der Waals surface area contributed by atoms with Crippen molar-refractivity contribution in [2.45, 2.75) is 17.8 Å². The second-order valence-electron chi connectivity index (χ2n) is 5.38. The van der Waals surface area contributed by atoms with Gasteiger partial charge in [0.2, 0.25) is 0 Å². The lowest BCUT2D eigenvalue weighted by Crippen LogP contribution is -2.53. The topological polar surface area (TPSA) is 47.6 Å². The van der Waals surface area contributed by atoms with Crippen molar-refractivity contribution in [1.29, 1.82) is 0 Å². The first-order valence-corrected chi connectivity index (χ1v) is 6.73. The highest BCUT2D eigenvalue weighted by atomic mass is 16.5. The molecule has 0 amide bonds. The average Bonchev–Trinajstić information content (AvgIpc) is 2.91. The van der Waals surface area contributed by atoms with Crippen LogP contribution in [0.3, 0.4) is 0 Å². The van der Waals surface area contributed by atoms with E-state index in [9.17, 15) is 4.79 Å². The van der Waals surface area contributed by atoms with Crippen LogP contribution >= 0.6 is 0 Å². The number of carbonyl (C=O) groups excluding carboxylic acids is 1. The number of methoxy groups -OCH3 is 1. The molecule has 1 atom stereocenters. The van der Waals surface area contributed by atoms with E-state index in [0.717, 1.165) is 25.1 Å². The van der Waals surface area contributed by atoms with Gasteiger partial charge in [-0.3, -0.25) is 4.79 Å². The molecule has 0 aliphatic carbocycles. The molecule has 4 heteroatoms. The molecule has 2 fully saturated rings. The van der Waals surface area contributed by atoms with Crippen LogP contribution in [-0.4, -0.2) is 39.4 Å². The van der Waals surface area contributed by atoms with Gasteiger partial charge in [-0.1, -0.05) is 24.3 Å². The Kier molecular flexibility index (Phi) is 3.29. The lowest BCUT2D eigenvalue weighted by atomic mass is 9.77. The molecule has 0 radical (unpaired) electrons. The van der Waals surface area contributed by atoms with Gasteiger partial charge in [0.15, 0.2) is 0 Å².